The van der Waals surface area contributed by atoms with E-state index in [4.69, 9.17) is 0 Å². The van der Waals surface area contributed by atoms with Gasteiger partial charge >= 0.3 is 0 Å². The maximum Gasteiger partial charge on any atom is 0.0795 e. The molecule has 2 aromatic rings. The molecule has 0 bridgehead atoms. The van der Waals surface area contributed by atoms with Gasteiger partial charge in [0.1, 0.15) is 0 Å². The van der Waals surface area contributed by atoms with Gasteiger partial charge in [0, 0.05) is 28.9 Å². The first-order chi connectivity index (χ1) is 7.45. The molecule has 2 nitrogen and oxygen atoms in total. The van der Waals surface area contributed by atoms with E-state index in [-0.39, 0.29) is 0 Å². The lowest BCUT2D eigenvalue weighted by Crippen LogP contribution is -1.79. The molecule has 72 valence electrons. The first-order valence-corrected chi connectivity index (χ1v) is 4.93. The highest BCUT2D eigenvalue weighted by Crippen LogP contribution is 2.30. The van der Waals surface area contributed by atoms with E-state index in [1.165, 1.54) is 5.39 Å². The van der Waals surface area contributed by atoms with Crippen molar-refractivity contribution in [2.75, 3.05) is 0 Å². The van der Waals surface area contributed by atoms with Crippen LogP contribution in [-0.4, -0.2) is 11.2 Å². The maximum atomic E-state index is 4.46. The van der Waals surface area contributed by atoms with Crippen LogP contribution < -0.4 is 0 Å². The van der Waals surface area contributed by atoms with E-state index in [0.717, 1.165) is 16.8 Å². The van der Waals surface area contributed by atoms with Crippen molar-refractivity contribution < 1.29 is 0 Å². The van der Waals surface area contributed by atoms with Crippen LogP contribution in [0.3, 0.4) is 0 Å². The van der Waals surface area contributed by atoms with Crippen molar-refractivity contribution >= 4 is 28.9 Å². The molecular formula is C13H10N2. The minimum atomic E-state index is 1.04. The summed E-state index contributed by atoms with van der Waals surface area (Å²) in [5.74, 6) is 0. The van der Waals surface area contributed by atoms with Gasteiger partial charge in [-0.2, -0.15) is 0 Å². The first kappa shape index (κ1) is 8.24. The largest absolute Gasteiger partial charge is 0.361 e. The topological polar surface area (TPSA) is 28.1 Å². The van der Waals surface area contributed by atoms with Crippen LogP contribution in [0.15, 0.2) is 47.6 Å². The molecule has 1 aliphatic heterocycles. The van der Waals surface area contributed by atoms with E-state index in [1.54, 1.807) is 0 Å². The third kappa shape index (κ3) is 1.31. The molecule has 3 rings (SSSR count). The first-order valence-electron chi connectivity index (χ1n) is 4.93. The Hall–Kier alpha value is -2.09. The van der Waals surface area contributed by atoms with Crippen LogP contribution in [0.2, 0.25) is 0 Å². The third-order valence-electron chi connectivity index (χ3n) is 2.52. The zero-order chi connectivity index (χ0) is 10.1. The number of hydrogen-bond acceptors (Lipinski definition) is 1. The summed E-state index contributed by atoms with van der Waals surface area (Å²) in [4.78, 5) is 7.65. The Kier molecular flexibility index (Phi) is 1.78. The Morgan fingerprint density at radius 3 is 3.00 bits per heavy atom. The van der Waals surface area contributed by atoms with E-state index in [1.807, 2.05) is 30.6 Å². The summed E-state index contributed by atoms with van der Waals surface area (Å²) in [6, 6.07) is 6.23. The second kappa shape index (κ2) is 3.24. The van der Waals surface area contributed by atoms with E-state index < -0.39 is 0 Å². The van der Waals surface area contributed by atoms with Crippen LogP contribution in [-0.2, 0) is 0 Å². The standard InChI is InChI=1S/C13H10N2/c1-2-4-10-5-6-12-11(7-9-14-12)13(10)15-8-3-1/h1-9,14H. The second-order valence-electron chi connectivity index (χ2n) is 3.46. The molecule has 1 aromatic carbocycles. The number of H-pyrrole nitrogens is 1. The normalized spacial score (nSPS) is 13.9. The number of nitrogens with one attached hydrogen (secondary N) is 1. The molecular weight excluding hydrogens is 184 g/mol. The zero-order valence-corrected chi connectivity index (χ0v) is 8.14. The Bertz CT molecular complexity index is 586. The number of allylic oxidation sites excluding steroid dienone is 3. The van der Waals surface area contributed by atoms with E-state index in [2.05, 4.69) is 34.3 Å². The second-order valence-corrected chi connectivity index (χ2v) is 3.46. The lowest BCUT2D eigenvalue weighted by molar-refractivity contribution is 1.47. The van der Waals surface area contributed by atoms with Crippen molar-refractivity contribution in [3.63, 3.8) is 0 Å². The summed E-state index contributed by atoms with van der Waals surface area (Å²) in [6.07, 6.45) is 11.8. The van der Waals surface area contributed by atoms with E-state index >= 15 is 0 Å². The fourth-order valence-electron chi connectivity index (χ4n) is 1.80. The van der Waals surface area contributed by atoms with Crippen molar-refractivity contribution in [1.29, 1.82) is 0 Å². The van der Waals surface area contributed by atoms with Crippen molar-refractivity contribution in [1.82, 2.24) is 4.98 Å². The van der Waals surface area contributed by atoms with Gasteiger partial charge in [0.05, 0.1) is 5.69 Å². The smallest absolute Gasteiger partial charge is 0.0795 e. The number of nitrogens with zero attached hydrogens (tertiary/aromatic N) is 1. The molecule has 2 heterocycles. The highest BCUT2D eigenvalue weighted by molar-refractivity contribution is 5.97. The predicted molar refractivity (Wildman–Crippen MR) is 64.6 cm³/mol. The summed E-state index contributed by atoms with van der Waals surface area (Å²) in [5.41, 5.74) is 3.32. The quantitative estimate of drug-likeness (QED) is 0.665. The van der Waals surface area contributed by atoms with Crippen LogP contribution in [0.5, 0.6) is 0 Å². The molecule has 0 radical (unpaired) electrons. The molecule has 15 heavy (non-hydrogen) atoms. The monoisotopic (exact) mass is 194 g/mol. The number of rotatable bonds is 0. The van der Waals surface area contributed by atoms with Gasteiger partial charge in [0.2, 0.25) is 0 Å². The lowest BCUT2D eigenvalue weighted by atomic mass is 10.1. The highest BCUT2D eigenvalue weighted by Gasteiger charge is 2.04. The fourth-order valence-corrected chi connectivity index (χ4v) is 1.80. The average molecular weight is 194 g/mol. The summed E-state index contributed by atoms with van der Waals surface area (Å²) in [7, 11) is 0. The van der Waals surface area contributed by atoms with E-state index in [0.29, 0.717) is 0 Å². The van der Waals surface area contributed by atoms with Crippen molar-refractivity contribution in [2.45, 2.75) is 0 Å². The van der Waals surface area contributed by atoms with Gasteiger partial charge < -0.3 is 4.98 Å². The van der Waals surface area contributed by atoms with Gasteiger partial charge in [-0.1, -0.05) is 24.3 Å². The van der Waals surface area contributed by atoms with Gasteiger partial charge in [-0.05, 0) is 18.2 Å². The van der Waals surface area contributed by atoms with Gasteiger partial charge in [-0.15, -0.1) is 0 Å². The van der Waals surface area contributed by atoms with Crippen LogP contribution in [0.1, 0.15) is 5.56 Å². The summed E-state index contributed by atoms with van der Waals surface area (Å²) >= 11 is 0. The highest BCUT2D eigenvalue weighted by atomic mass is 14.7. The minimum Gasteiger partial charge on any atom is -0.361 e. The molecule has 1 aliphatic rings. The number of benzene rings is 1. The van der Waals surface area contributed by atoms with Crippen LogP contribution >= 0.6 is 0 Å². The summed E-state index contributed by atoms with van der Waals surface area (Å²) in [6.45, 7) is 0. The Balaban J connectivity index is 2.37. The number of aromatic nitrogens is 1. The molecule has 0 saturated heterocycles. The molecule has 0 atom stereocenters. The zero-order valence-electron chi connectivity index (χ0n) is 8.14. The van der Waals surface area contributed by atoms with Crippen LogP contribution in [0.25, 0.3) is 17.0 Å². The Morgan fingerprint density at radius 2 is 2.00 bits per heavy atom. The molecule has 0 aliphatic carbocycles. The summed E-state index contributed by atoms with van der Waals surface area (Å²) < 4.78 is 0. The molecule has 0 unspecified atom stereocenters. The van der Waals surface area contributed by atoms with Crippen molar-refractivity contribution in [3.8, 4) is 0 Å². The Labute approximate surface area is 87.7 Å². The fraction of sp³-hybridized carbons (Fsp3) is 0. The molecule has 0 saturated carbocycles. The van der Waals surface area contributed by atoms with Crippen molar-refractivity contribution in [2.24, 2.45) is 4.99 Å². The third-order valence-corrected chi connectivity index (χ3v) is 2.52. The molecule has 0 amide bonds. The molecule has 0 spiro atoms. The minimum absolute atomic E-state index is 1.04. The molecule has 1 aromatic heterocycles. The summed E-state index contributed by atoms with van der Waals surface area (Å²) in [5, 5.41) is 1.17. The SMILES string of the molecule is C1=CC=Nc2c(ccc3[nH]ccc23)C=C1. The van der Waals surface area contributed by atoms with Crippen molar-refractivity contribution in [3.05, 3.63) is 48.2 Å². The predicted octanol–water partition coefficient (Wildman–Crippen LogP) is 3.45. The molecule has 1 N–H and O–H groups in total. The lowest BCUT2D eigenvalue weighted by Gasteiger charge is -2.03. The molecule has 2 heteroatoms. The van der Waals surface area contributed by atoms with Gasteiger partial charge in [-0.3, -0.25) is 4.99 Å². The van der Waals surface area contributed by atoms with Gasteiger partial charge in [0.25, 0.3) is 0 Å². The van der Waals surface area contributed by atoms with Crippen LogP contribution in [0, 0.1) is 0 Å². The number of aliphatic imine (C=N–C) groups is 1. The maximum absolute atomic E-state index is 4.46. The van der Waals surface area contributed by atoms with Crippen LogP contribution in [0.4, 0.5) is 5.69 Å². The van der Waals surface area contributed by atoms with E-state index in [9.17, 15) is 0 Å². The Morgan fingerprint density at radius 1 is 1.00 bits per heavy atom. The molecule has 0 fully saturated rings. The average Bonchev–Trinajstić information content (AvgIpc) is 2.65. The number of aromatic amines is 1. The number of fused-ring (bicyclic) bond motifs is 3. The number of hydrogen-bond donors (Lipinski definition) is 1. The van der Waals surface area contributed by atoms with Gasteiger partial charge in [-0.25, -0.2) is 0 Å². The van der Waals surface area contributed by atoms with Gasteiger partial charge in [0.15, 0.2) is 0 Å².